The lowest BCUT2D eigenvalue weighted by Gasteiger charge is -2.10. The lowest BCUT2D eigenvalue weighted by atomic mass is 10.2. The molecule has 0 amide bonds. The van der Waals surface area contributed by atoms with Crippen molar-refractivity contribution in [3.05, 3.63) is 34.1 Å². The highest BCUT2D eigenvalue weighted by molar-refractivity contribution is 9.10. The fraction of sp³-hybridized carbons (Fsp3) is 0.455. The minimum atomic E-state index is -0.177. The van der Waals surface area contributed by atoms with E-state index in [4.69, 9.17) is 11.6 Å². The molecule has 0 aliphatic carbocycles. The number of hydrogen-bond acceptors (Lipinski definition) is 1. The monoisotopic (exact) mass is 293 g/mol. The minimum Gasteiger partial charge on any atom is -0.312 e. The van der Waals surface area contributed by atoms with Gasteiger partial charge in [-0.2, -0.15) is 0 Å². The second-order valence-corrected chi connectivity index (χ2v) is 4.85. The van der Waals surface area contributed by atoms with Crippen LogP contribution in [0.4, 0.5) is 4.39 Å². The van der Waals surface area contributed by atoms with Gasteiger partial charge < -0.3 is 5.32 Å². The Balaban J connectivity index is 2.46. The largest absolute Gasteiger partial charge is 0.312 e. The van der Waals surface area contributed by atoms with Crippen LogP contribution >= 0.6 is 27.5 Å². The lowest BCUT2D eigenvalue weighted by Crippen LogP contribution is -2.22. The van der Waals surface area contributed by atoms with Crippen molar-refractivity contribution in [2.45, 2.75) is 13.5 Å². The maximum Gasteiger partial charge on any atom is 0.127 e. The SMILES string of the molecule is CC(CCl)CNCc1cc(Br)ccc1F. The van der Waals surface area contributed by atoms with E-state index in [1.165, 1.54) is 6.07 Å². The van der Waals surface area contributed by atoms with Crippen molar-refractivity contribution in [3.8, 4) is 0 Å². The number of alkyl halides is 1. The molecule has 1 unspecified atom stereocenters. The third kappa shape index (κ3) is 4.49. The van der Waals surface area contributed by atoms with Crippen molar-refractivity contribution < 1.29 is 4.39 Å². The van der Waals surface area contributed by atoms with Crippen molar-refractivity contribution in [2.24, 2.45) is 5.92 Å². The molecule has 15 heavy (non-hydrogen) atoms. The summed E-state index contributed by atoms with van der Waals surface area (Å²) in [5.41, 5.74) is 0.672. The zero-order chi connectivity index (χ0) is 11.3. The quantitative estimate of drug-likeness (QED) is 0.819. The van der Waals surface area contributed by atoms with E-state index in [2.05, 4.69) is 28.2 Å². The summed E-state index contributed by atoms with van der Waals surface area (Å²) in [4.78, 5) is 0. The number of benzene rings is 1. The Bertz CT molecular complexity index is 319. The normalized spacial score (nSPS) is 12.8. The summed E-state index contributed by atoms with van der Waals surface area (Å²) in [6.07, 6.45) is 0. The maximum absolute atomic E-state index is 13.3. The second kappa shape index (κ2) is 6.46. The zero-order valence-electron chi connectivity index (χ0n) is 8.56. The summed E-state index contributed by atoms with van der Waals surface area (Å²) in [5, 5.41) is 3.18. The Kier molecular flexibility index (Phi) is 5.58. The lowest BCUT2D eigenvalue weighted by molar-refractivity contribution is 0.538. The van der Waals surface area contributed by atoms with Gasteiger partial charge >= 0.3 is 0 Å². The van der Waals surface area contributed by atoms with Crippen LogP contribution in [-0.2, 0) is 6.54 Å². The fourth-order valence-corrected chi connectivity index (χ4v) is 1.70. The first-order valence-corrected chi connectivity index (χ1v) is 6.17. The van der Waals surface area contributed by atoms with Gasteiger partial charge in [-0.05, 0) is 30.7 Å². The fourth-order valence-electron chi connectivity index (χ4n) is 1.19. The molecule has 4 heteroatoms. The molecule has 0 heterocycles. The Morgan fingerprint density at radius 2 is 2.27 bits per heavy atom. The molecule has 0 aromatic heterocycles. The van der Waals surface area contributed by atoms with E-state index in [0.29, 0.717) is 23.9 Å². The van der Waals surface area contributed by atoms with E-state index in [1.807, 2.05) is 0 Å². The molecule has 0 spiro atoms. The smallest absolute Gasteiger partial charge is 0.127 e. The predicted octanol–water partition coefficient (Wildman–Crippen LogP) is 3.55. The minimum absolute atomic E-state index is 0.177. The molecule has 1 aromatic rings. The van der Waals surface area contributed by atoms with E-state index < -0.39 is 0 Å². The van der Waals surface area contributed by atoms with E-state index in [9.17, 15) is 4.39 Å². The summed E-state index contributed by atoms with van der Waals surface area (Å²) in [6, 6.07) is 4.94. The van der Waals surface area contributed by atoms with Gasteiger partial charge in [-0.25, -0.2) is 4.39 Å². The van der Waals surface area contributed by atoms with Gasteiger partial charge in [0, 0.05) is 22.5 Å². The van der Waals surface area contributed by atoms with Crippen molar-refractivity contribution in [1.82, 2.24) is 5.32 Å². The van der Waals surface area contributed by atoms with Gasteiger partial charge in [0.15, 0.2) is 0 Å². The van der Waals surface area contributed by atoms with Crippen LogP contribution in [0.3, 0.4) is 0 Å². The number of rotatable bonds is 5. The average molecular weight is 295 g/mol. The van der Waals surface area contributed by atoms with Crippen LogP contribution in [0.2, 0.25) is 0 Å². The van der Waals surface area contributed by atoms with Crippen LogP contribution in [-0.4, -0.2) is 12.4 Å². The number of halogens is 3. The third-order valence-corrected chi connectivity index (χ3v) is 3.10. The molecule has 84 valence electrons. The summed E-state index contributed by atoms with van der Waals surface area (Å²) in [5.74, 6) is 0.847. The van der Waals surface area contributed by atoms with E-state index in [1.54, 1.807) is 12.1 Å². The van der Waals surface area contributed by atoms with Gasteiger partial charge in [-0.3, -0.25) is 0 Å². The van der Waals surface area contributed by atoms with Gasteiger partial charge in [0.25, 0.3) is 0 Å². The molecule has 1 N–H and O–H groups in total. The van der Waals surface area contributed by atoms with Crippen LogP contribution < -0.4 is 5.32 Å². The van der Waals surface area contributed by atoms with E-state index in [-0.39, 0.29) is 5.82 Å². The molecular formula is C11H14BrClFN. The Morgan fingerprint density at radius 1 is 1.53 bits per heavy atom. The Labute approximate surface area is 103 Å². The second-order valence-electron chi connectivity index (χ2n) is 3.63. The highest BCUT2D eigenvalue weighted by Gasteiger charge is 2.03. The third-order valence-electron chi connectivity index (χ3n) is 2.08. The van der Waals surface area contributed by atoms with Gasteiger partial charge in [0.2, 0.25) is 0 Å². The van der Waals surface area contributed by atoms with E-state index >= 15 is 0 Å². The molecule has 0 radical (unpaired) electrons. The van der Waals surface area contributed by atoms with Gasteiger partial charge in [-0.1, -0.05) is 22.9 Å². The molecule has 0 aliphatic rings. The Morgan fingerprint density at radius 3 is 2.93 bits per heavy atom. The zero-order valence-corrected chi connectivity index (χ0v) is 10.9. The summed E-state index contributed by atoms with van der Waals surface area (Å²) >= 11 is 8.98. The van der Waals surface area contributed by atoms with Gasteiger partial charge in [-0.15, -0.1) is 11.6 Å². The van der Waals surface area contributed by atoms with Gasteiger partial charge in [0.05, 0.1) is 0 Å². The van der Waals surface area contributed by atoms with Gasteiger partial charge in [0.1, 0.15) is 5.82 Å². The topological polar surface area (TPSA) is 12.0 Å². The molecule has 0 bridgehead atoms. The predicted molar refractivity (Wildman–Crippen MR) is 65.7 cm³/mol. The molecule has 1 aromatic carbocycles. The Hall–Kier alpha value is -0.120. The molecule has 1 rings (SSSR count). The van der Waals surface area contributed by atoms with Crippen LogP contribution in [0.25, 0.3) is 0 Å². The van der Waals surface area contributed by atoms with Crippen molar-refractivity contribution in [3.63, 3.8) is 0 Å². The summed E-state index contributed by atoms with van der Waals surface area (Å²) < 4.78 is 14.2. The molecular weight excluding hydrogens is 280 g/mol. The number of hydrogen-bond donors (Lipinski definition) is 1. The van der Waals surface area contributed by atoms with Crippen molar-refractivity contribution in [2.75, 3.05) is 12.4 Å². The molecule has 0 fully saturated rings. The molecule has 0 saturated heterocycles. The first kappa shape index (κ1) is 12.9. The van der Waals surface area contributed by atoms with Crippen molar-refractivity contribution in [1.29, 1.82) is 0 Å². The first-order chi connectivity index (χ1) is 7.13. The van der Waals surface area contributed by atoms with Crippen LogP contribution in [0, 0.1) is 11.7 Å². The van der Waals surface area contributed by atoms with Crippen LogP contribution in [0.1, 0.15) is 12.5 Å². The average Bonchev–Trinajstić information content (AvgIpc) is 2.23. The maximum atomic E-state index is 13.3. The molecule has 0 saturated carbocycles. The summed E-state index contributed by atoms with van der Waals surface area (Å²) in [7, 11) is 0. The molecule has 1 nitrogen and oxygen atoms in total. The van der Waals surface area contributed by atoms with Crippen LogP contribution in [0.5, 0.6) is 0 Å². The molecule has 0 aliphatic heterocycles. The highest BCUT2D eigenvalue weighted by atomic mass is 79.9. The van der Waals surface area contributed by atoms with E-state index in [0.717, 1.165) is 11.0 Å². The highest BCUT2D eigenvalue weighted by Crippen LogP contribution is 2.15. The molecule has 1 atom stereocenters. The summed E-state index contributed by atoms with van der Waals surface area (Å²) in [6.45, 7) is 3.39. The van der Waals surface area contributed by atoms with Crippen LogP contribution in [0.15, 0.2) is 22.7 Å². The standard InChI is InChI=1S/C11H14BrClFN/c1-8(5-13)6-15-7-9-4-10(12)2-3-11(9)14/h2-4,8,15H,5-7H2,1H3. The van der Waals surface area contributed by atoms with Crippen molar-refractivity contribution >= 4 is 27.5 Å². The number of nitrogens with one attached hydrogen (secondary N) is 1. The first-order valence-electron chi connectivity index (χ1n) is 4.84.